The highest BCUT2D eigenvalue weighted by Gasteiger charge is 2.21. The minimum atomic E-state index is -4.91. The van der Waals surface area contributed by atoms with Gasteiger partial charge >= 0.3 is 0 Å². The van der Waals surface area contributed by atoms with Crippen LogP contribution in [-0.4, -0.2) is 30.0 Å². The second-order valence-corrected chi connectivity index (χ2v) is 8.97. The lowest BCUT2D eigenvalue weighted by Gasteiger charge is -2.17. The molecule has 1 heterocycles. The van der Waals surface area contributed by atoms with Gasteiger partial charge < -0.3 is 20.3 Å². The van der Waals surface area contributed by atoms with Gasteiger partial charge in [0, 0.05) is 28.2 Å². The molecule has 0 saturated carbocycles. The van der Waals surface area contributed by atoms with Crippen LogP contribution in [0.4, 0.5) is 17.1 Å². The molecule has 8 nitrogen and oxygen atoms in total. The van der Waals surface area contributed by atoms with Crippen LogP contribution in [0, 0.1) is 6.92 Å². The highest BCUT2D eigenvalue weighted by atomic mass is 32.2. The van der Waals surface area contributed by atoms with Crippen LogP contribution in [0.15, 0.2) is 65.6 Å². The summed E-state index contributed by atoms with van der Waals surface area (Å²) in [6, 6.07) is 18.6. The Bertz CT molecular complexity index is 1670. The van der Waals surface area contributed by atoms with Crippen molar-refractivity contribution in [3.8, 4) is 5.75 Å². The Morgan fingerprint density at radius 3 is 2.42 bits per heavy atom. The number of methoxy groups -OCH3 is 1. The van der Waals surface area contributed by atoms with Crippen LogP contribution in [0.25, 0.3) is 32.8 Å². The quantitative estimate of drug-likeness (QED) is 0.174. The zero-order valence-corrected chi connectivity index (χ0v) is 18.6. The molecule has 9 heteroatoms. The average Bonchev–Trinajstić information content (AvgIpc) is 2.77. The summed E-state index contributed by atoms with van der Waals surface area (Å²) in [5.41, 5.74) is 9.35. The van der Waals surface area contributed by atoms with Crippen molar-refractivity contribution in [3.63, 3.8) is 0 Å². The third-order valence-electron chi connectivity index (χ3n) is 5.52. The summed E-state index contributed by atoms with van der Waals surface area (Å²) >= 11 is 0. The number of nitrogen functional groups attached to an aromatic ring is 1. The number of nitrogens with two attached hydrogens (primary N) is 1. The molecule has 0 radical (unpaired) electrons. The van der Waals surface area contributed by atoms with Gasteiger partial charge in [-0.25, -0.2) is 18.4 Å². The SMILES string of the molecule is COc1cc(N)c(S(=O)(=O)[O-])c2nc3cc(Nc4ccccc4)c4c(C)cccc4c3nc12. The van der Waals surface area contributed by atoms with E-state index in [1.165, 1.54) is 13.2 Å². The van der Waals surface area contributed by atoms with Crippen molar-refractivity contribution in [2.24, 2.45) is 0 Å². The van der Waals surface area contributed by atoms with Crippen molar-refractivity contribution >= 4 is 60.0 Å². The molecule has 5 rings (SSSR count). The van der Waals surface area contributed by atoms with E-state index >= 15 is 0 Å². The smallest absolute Gasteiger partial charge is 0.148 e. The van der Waals surface area contributed by atoms with Crippen molar-refractivity contribution < 1.29 is 17.7 Å². The summed E-state index contributed by atoms with van der Waals surface area (Å²) in [5.74, 6) is 0.233. The third kappa shape index (κ3) is 3.47. The summed E-state index contributed by atoms with van der Waals surface area (Å²) in [6.07, 6.45) is 0. The molecule has 0 amide bonds. The second-order valence-electron chi connectivity index (χ2n) is 7.65. The number of fused-ring (bicyclic) bond motifs is 4. The Balaban J connectivity index is 1.93. The number of hydrogen-bond acceptors (Lipinski definition) is 8. The molecule has 5 aromatic rings. The molecule has 0 saturated heterocycles. The molecule has 0 bridgehead atoms. The number of benzene rings is 4. The molecule has 3 N–H and O–H groups in total. The van der Waals surface area contributed by atoms with Gasteiger partial charge in [0.25, 0.3) is 0 Å². The largest absolute Gasteiger partial charge is 0.744 e. The zero-order chi connectivity index (χ0) is 23.3. The first-order valence-corrected chi connectivity index (χ1v) is 11.5. The molecule has 0 fully saturated rings. The maximum atomic E-state index is 12.0. The number of nitrogens with one attached hydrogen (secondary N) is 1. The number of aryl methyl sites for hydroxylation is 1. The number of ether oxygens (including phenoxy) is 1. The molecular formula is C24H19N4O4S-. The van der Waals surface area contributed by atoms with Gasteiger partial charge in [-0.3, -0.25) is 0 Å². The number of rotatable bonds is 4. The van der Waals surface area contributed by atoms with Crippen molar-refractivity contribution in [2.45, 2.75) is 11.8 Å². The van der Waals surface area contributed by atoms with Gasteiger partial charge in [-0.15, -0.1) is 0 Å². The monoisotopic (exact) mass is 459 g/mol. The number of nitrogens with zero attached hydrogens (tertiary/aromatic N) is 2. The molecule has 166 valence electrons. The van der Waals surface area contributed by atoms with Gasteiger partial charge in [0.2, 0.25) is 0 Å². The van der Waals surface area contributed by atoms with Crippen LogP contribution in [0.1, 0.15) is 5.56 Å². The Morgan fingerprint density at radius 1 is 0.970 bits per heavy atom. The van der Waals surface area contributed by atoms with Crippen LogP contribution in [0.5, 0.6) is 5.75 Å². The molecule has 4 aromatic carbocycles. The first kappa shape index (κ1) is 20.9. The fourth-order valence-corrected chi connectivity index (χ4v) is 4.84. The van der Waals surface area contributed by atoms with Crippen molar-refractivity contribution in [2.75, 3.05) is 18.2 Å². The molecule has 0 aliphatic rings. The lowest BCUT2D eigenvalue weighted by atomic mass is 10.0. The van der Waals surface area contributed by atoms with Crippen LogP contribution in [0.3, 0.4) is 0 Å². The maximum absolute atomic E-state index is 12.0. The van der Waals surface area contributed by atoms with Crippen LogP contribution >= 0.6 is 0 Å². The van der Waals surface area contributed by atoms with Gasteiger partial charge in [-0.2, -0.15) is 0 Å². The molecule has 0 atom stereocenters. The predicted octanol–water partition coefficient (Wildman–Crippen LogP) is 4.48. The van der Waals surface area contributed by atoms with E-state index in [9.17, 15) is 13.0 Å². The summed E-state index contributed by atoms with van der Waals surface area (Å²) in [7, 11) is -3.49. The second kappa shape index (κ2) is 7.58. The van der Waals surface area contributed by atoms with E-state index in [1.807, 2.05) is 55.5 Å². The normalized spacial score (nSPS) is 11.8. The fraction of sp³-hybridized carbons (Fsp3) is 0.0833. The number of hydrogen-bond donors (Lipinski definition) is 2. The highest BCUT2D eigenvalue weighted by molar-refractivity contribution is 7.86. The summed E-state index contributed by atoms with van der Waals surface area (Å²) in [4.78, 5) is 8.66. The van der Waals surface area contributed by atoms with Crippen LogP contribution in [0.2, 0.25) is 0 Å². The number of para-hydroxylation sites is 1. The lowest BCUT2D eigenvalue weighted by molar-refractivity contribution is 0.418. The third-order valence-corrected chi connectivity index (χ3v) is 6.45. The van der Waals surface area contributed by atoms with E-state index in [0.29, 0.717) is 11.0 Å². The van der Waals surface area contributed by atoms with E-state index < -0.39 is 15.0 Å². The minimum Gasteiger partial charge on any atom is -0.744 e. The molecule has 0 spiro atoms. The Morgan fingerprint density at radius 2 is 1.73 bits per heavy atom. The summed E-state index contributed by atoms with van der Waals surface area (Å²) < 4.78 is 41.4. The lowest BCUT2D eigenvalue weighted by Crippen LogP contribution is -2.07. The predicted molar refractivity (Wildman–Crippen MR) is 128 cm³/mol. The van der Waals surface area contributed by atoms with Gasteiger partial charge in [0.05, 0.1) is 23.8 Å². The molecule has 1 aromatic heterocycles. The molecule has 0 unspecified atom stereocenters. The van der Waals surface area contributed by atoms with Crippen molar-refractivity contribution in [3.05, 3.63) is 66.2 Å². The fourth-order valence-electron chi connectivity index (χ4n) is 4.11. The topological polar surface area (TPSA) is 130 Å². The van der Waals surface area contributed by atoms with Crippen LogP contribution in [-0.2, 0) is 10.1 Å². The van der Waals surface area contributed by atoms with E-state index in [-0.39, 0.29) is 22.5 Å². The summed E-state index contributed by atoms with van der Waals surface area (Å²) in [5, 5.41) is 5.19. The van der Waals surface area contributed by atoms with Gasteiger partial charge in [-0.1, -0.05) is 36.4 Å². The van der Waals surface area contributed by atoms with E-state index in [1.54, 1.807) is 6.07 Å². The standard InChI is InChI=1S/C24H20N4O4S/c1-13-7-6-10-15-20(13)17(26-14-8-4-3-5-9-14)12-18-21(15)28-22-19(32-2)11-16(25)24(23(22)27-18)33(29,30)31/h3-12,26H,25H2,1-2H3,(H,29,30,31)/p-1. The zero-order valence-electron chi connectivity index (χ0n) is 17.8. The Kier molecular flexibility index (Phi) is 4.80. The number of aromatic nitrogens is 2. The van der Waals surface area contributed by atoms with Crippen molar-refractivity contribution in [1.82, 2.24) is 9.97 Å². The molecule has 33 heavy (non-hydrogen) atoms. The average molecular weight is 460 g/mol. The van der Waals surface area contributed by atoms with Crippen LogP contribution < -0.4 is 15.8 Å². The summed E-state index contributed by atoms with van der Waals surface area (Å²) in [6.45, 7) is 2.00. The number of anilines is 3. The van der Waals surface area contributed by atoms with E-state index in [0.717, 1.165) is 27.7 Å². The Labute approximate surface area is 189 Å². The molecule has 0 aliphatic carbocycles. The van der Waals surface area contributed by atoms with Gasteiger partial charge in [0.15, 0.2) is 0 Å². The van der Waals surface area contributed by atoms with Crippen molar-refractivity contribution in [1.29, 1.82) is 0 Å². The maximum Gasteiger partial charge on any atom is 0.148 e. The first-order chi connectivity index (χ1) is 15.8. The van der Waals surface area contributed by atoms with E-state index in [2.05, 4.69) is 10.3 Å². The molecular weight excluding hydrogens is 440 g/mol. The first-order valence-electron chi connectivity index (χ1n) is 10.1. The van der Waals surface area contributed by atoms with E-state index in [4.69, 9.17) is 15.5 Å². The van der Waals surface area contributed by atoms with Gasteiger partial charge in [-0.05, 0) is 30.7 Å². The minimum absolute atomic E-state index is 0.119. The molecule has 0 aliphatic heterocycles. The Hall–Kier alpha value is -3.95. The van der Waals surface area contributed by atoms with Gasteiger partial charge in [0.1, 0.15) is 31.8 Å². The highest BCUT2D eigenvalue weighted by Crippen LogP contribution is 2.39.